The third-order valence-corrected chi connectivity index (χ3v) is 4.72. The number of hydrogen-bond acceptors (Lipinski definition) is 4. The van der Waals surface area contributed by atoms with Gasteiger partial charge in [0.1, 0.15) is 6.04 Å². The lowest BCUT2D eigenvalue weighted by atomic mass is 10.0. The van der Waals surface area contributed by atoms with E-state index in [1.807, 2.05) is 0 Å². The van der Waals surface area contributed by atoms with Gasteiger partial charge in [0, 0.05) is 5.75 Å². The predicted molar refractivity (Wildman–Crippen MR) is 76.4 cm³/mol. The standard InChI is InChI=1S/C14H21NO3S/c1-5-8-10(4)13-15(12(16)6-2)11(9-19-13)14(17)18-7-3/h2,10-11,13H,5,7-9H2,1,3-4H3/t10?,11-,13?/m1/s1. The molecule has 0 N–H and O–H groups in total. The summed E-state index contributed by atoms with van der Waals surface area (Å²) < 4.78 is 5.02. The molecule has 1 rings (SSSR count). The monoisotopic (exact) mass is 283 g/mol. The molecule has 0 radical (unpaired) electrons. The van der Waals surface area contributed by atoms with Crippen LogP contribution >= 0.6 is 11.8 Å². The summed E-state index contributed by atoms with van der Waals surface area (Å²) in [5.74, 6) is 2.22. The van der Waals surface area contributed by atoms with Crippen molar-refractivity contribution in [2.45, 2.75) is 45.0 Å². The number of nitrogens with zero attached hydrogens (tertiary/aromatic N) is 1. The van der Waals surface area contributed by atoms with Crippen LogP contribution in [0.25, 0.3) is 0 Å². The molecule has 5 heteroatoms. The Morgan fingerprint density at radius 2 is 2.21 bits per heavy atom. The van der Waals surface area contributed by atoms with E-state index in [0.717, 1.165) is 12.8 Å². The second-order valence-electron chi connectivity index (χ2n) is 4.61. The molecule has 0 bridgehead atoms. The highest BCUT2D eigenvalue weighted by molar-refractivity contribution is 8.00. The van der Waals surface area contributed by atoms with Gasteiger partial charge < -0.3 is 9.64 Å². The van der Waals surface area contributed by atoms with Gasteiger partial charge in [-0.25, -0.2) is 4.79 Å². The first-order chi connectivity index (χ1) is 9.06. The van der Waals surface area contributed by atoms with Crippen molar-refractivity contribution in [3.63, 3.8) is 0 Å². The number of hydrogen-bond donors (Lipinski definition) is 0. The molecule has 1 saturated heterocycles. The zero-order chi connectivity index (χ0) is 14.4. The van der Waals surface area contributed by atoms with Crippen LogP contribution in [0.1, 0.15) is 33.6 Å². The van der Waals surface area contributed by atoms with Crippen molar-refractivity contribution < 1.29 is 14.3 Å². The zero-order valence-electron chi connectivity index (χ0n) is 11.7. The number of terminal acetylenes is 1. The van der Waals surface area contributed by atoms with Gasteiger partial charge >= 0.3 is 5.97 Å². The Labute approximate surface area is 119 Å². The smallest absolute Gasteiger partial charge is 0.329 e. The van der Waals surface area contributed by atoms with Gasteiger partial charge in [-0.3, -0.25) is 4.79 Å². The van der Waals surface area contributed by atoms with E-state index >= 15 is 0 Å². The van der Waals surface area contributed by atoms with Gasteiger partial charge in [0.25, 0.3) is 5.91 Å². The molecular formula is C14H21NO3S. The highest BCUT2D eigenvalue weighted by atomic mass is 32.2. The molecule has 1 aliphatic heterocycles. The average Bonchev–Trinajstić information content (AvgIpc) is 2.83. The first kappa shape index (κ1) is 15.9. The molecule has 1 heterocycles. The molecule has 1 fully saturated rings. The molecule has 3 atom stereocenters. The fourth-order valence-electron chi connectivity index (χ4n) is 2.32. The highest BCUT2D eigenvalue weighted by Crippen LogP contribution is 2.36. The quantitative estimate of drug-likeness (QED) is 0.571. The van der Waals surface area contributed by atoms with Crippen LogP contribution in [-0.4, -0.2) is 40.6 Å². The van der Waals surface area contributed by atoms with Crippen molar-refractivity contribution in [3.05, 3.63) is 0 Å². The fraction of sp³-hybridized carbons (Fsp3) is 0.714. The van der Waals surface area contributed by atoms with Crippen LogP contribution in [0.5, 0.6) is 0 Å². The molecular weight excluding hydrogens is 262 g/mol. The van der Waals surface area contributed by atoms with Gasteiger partial charge in [-0.15, -0.1) is 18.2 Å². The maximum absolute atomic E-state index is 11.9. The minimum Gasteiger partial charge on any atom is -0.464 e. The van der Waals surface area contributed by atoms with Crippen LogP contribution in [0.3, 0.4) is 0 Å². The van der Waals surface area contributed by atoms with Gasteiger partial charge in [0.2, 0.25) is 0 Å². The van der Waals surface area contributed by atoms with Crippen molar-refractivity contribution in [2.24, 2.45) is 5.92 Å². The maximum atomic E-state index is 11.9. The van der Waals surface area contributed by atoms with Crippen molar-refractivity contribution in [3.8, 4) is 12.3 Å². The first-order valence-corrected chi connectivity index (χ1v) is 7.68. The number of carbonyl (C=O) groups excluding carboxylic acids is 2. The Kier molecular flexibility index (Phi) is 6.23. The van der Waals surface area contributed by atoms with Gasteiger partial charge in [-0.1, -0.05) is 20.3 Å². The van der Waals surface area contributed by atoms with E-state index in [0.29, 0.717) is 18.3 Å². The Bertz CT molecular complexity index is 377. The molecule has 106 valence electrons. The molecule has 4 nitrogen and oxygen atoms in total. The van der Waals surface area contributed by atoms with Crippen molar-refractivity contribution >= 4 is 23.6 Å². The SMILES string of the molecule is C#CC(=O)N1C(C(C)CCC)SC[C@@H]1C(=O)OCC. The summed E-state index contributed by atoms with van der Waals surface area (Å²) in [4.78, 5) is 25.4. The van der Waals surface area contributed by atoms with Crippen LogP contribution in [-0.2, 0) is 14.3 Å². The summed E-state index contributed by atoms with van der Waals surface area (Å²) in [6.45, 7) is 6.26. The second-order valence-corrected chi connectivity index (χ2v) is 5.76. The van der Waals surface area contributed by atoms with Gasteiger partial charge in [-0.05, 0) is 25.2 Å². The predicted octanol–water partition coefficient (Wildman–Crippen LogP) is 1.89. The summed E-state index contributed by atoms with van der Waals surface area (Å²) in [6, 6.07) is -0.544. The Morgan fingerprint density at radius 3 is 2.74 bits per heavy atom. The van der Waals surface area contributed by atoms with E-state index in [2.05, 4.69) is 19.8 Å². The van der Waals surface area contributed by atoms with Crippen molar-refractivity contribution in [2.75, 3.05) is 12.4 Å². The van der Waals surface area contributed by atoms with Crippen LogP contribution in [0.15, 0.2) is 0 Å². The summed E-state index contributed by atoms with van der Waals surface area (Å²) >= 11 is 1.61. The highest BCUT2D eigenvalue weighted by Gasteiger charge is 2.43. The molecule has 2 unspecified atom stereocenters. The summed E-state index contributed by atoms with van der Waals surface area (Å²) in [5, 5.41) is -0.0297. The molecule has 1 amide bonds. The third kappa shape index (κ3) is 3.66. The van der Waals surface area contributed by atoms with Crippen LogP contribution in [0.2, 0.25) is 0 Å². The lowest BCUT2D eigenvalue weighted by Crippen LogP contribution is -2.47. The number of esters is 1. The summed E-state index contributed by atoms with van der Waals surface area (Å²) in [5.41, 5.74) is 0. The summed E-state index contributed by atoms with van der Waals surface area (Å²) in [7, 11) is 0. The normalized spacial score (nSPS) is 23.8. The Morgan fingerprint density at radius 1 is 1.53 bits per heavy atom. The van der Waals surface area contributed by atoms with Gasteiger partial charge in [0.05, 0.1) is 12.0 Å². The van der Waals surface area contributed by atoms with Crippen molar-refractivity contribution in [1.82, 2.24) is 4.90 Å². The minimum absolute atomic E-state index is 0.0297. The van der Waals surface area contributed by atoms with E-state index in [1.165, 1.54) is 4.90 Å². The van der Waals surface area contributed by atoms with Gasteiger partial charge in [-0.2, -0.15) is 0 Å². The summed E-state index contributed by atoms with van der Waals surface area (Å²) in [6.07, 6.45) is 7.27. The van der Waals surface area contributed by atoms with Gasteiger partial charge in [0.15, 0.2) is 0 Å². The van der Waals surface area contributed by atoms with Crippen LogP contribution in [0.4, 0.5) is 0 Å². The fourth-order valence-corrected chi connectivity index (χ4v) is 3.86. The Hall–Kier alpha value is -1.15. The molecule has 1 aliphatic rings. The molecule has 0 aromatic carbocycles. The zero-order valence-corrected chi connectivity index (χ0v) is 12.5. The average molecular weight is 283 g/mol. The second kappa shape index (κ2) is 7.44. The van der Waals surface area contributed by atoms with Crippen LogP contribution in [0, 0.1) is 18.3 Å². The van der Waals surface area contributed by atoms with Crippen LogP contribution < -0.4 is 0 Å². The van der Waals surface area contributed by atoms with E-state index in [1.54, 1.807) is 18.7 Å². The number of carbonyl (C=O) groups is 2. The third-order valence-electron chi connectivity index (χ3n) is 3.18. The lowest BCUT2D eigenvalue weighted by Gasteiger charge is -2.30. The maximum Gasteiger partial charge on any atom is 0.329 e. The molecule has 0 aromatic rings. The molecule has 0 saturated carbocycles. The topological polar surface area (TPSA) is 46.6 Å². The minimum atomic E-state index is -0.544. The van der Waals surface area contributed by atoms with E-state index in [-0.39, 0.29) is 11.3 Å². The number of ether oxygens (including phenoxy) is 1. The largest absolute Gasteiger partial charge is 0.464 e. The van der Waals surface area contributed by atoms with E-state index in [4.69, 9.17) is 11.2 Å². The molecule has 0 aliphatic carbocycles. The number of rotatable bonds is 5. The Balaban J connectivity index is 2.88. The number of amides is 1. The van der Waals surface area contributed by atoms with E-state index < -0.39 is 11.9 Å². The van der Waals surface area contributed by atoms with E-state index in [9.17, 15) is 9.59 Å². The lowest BCUT2D eigenvalue weighted by molar-refractivity contribution is -0.152. The first-order valence-electron chi connectivity index (χ1n) is 6.63. The molecule has 0 aromatic heterocycles. The molecule has 0 spiro atoms. The number of thioether (sulfide) groups is 1. The molecule has 19 heavy (non-hydrogen) atoms. The van der Waals surface area contributed by atoms with Crippen molar-refractivity contribution in [1.29, 1.82) is 0 Å².